The van der Waals surface area contributed by atoms with Crippen LogP contribution >= 0.6 is 7.82 Å². The number of ether oxygens (including phenoxy) is 2. The molecule has 0 radical (unpaired) electrons. The van der Waals surface area contributed by atoms with Gasteiger partial charge >= 0.3 is 19.8 Å². The molecule has 0 amide bonds. The standard InChI is InChI=1S/C73H136NO8P/c1-6-8-10-12-14-16-18-20-22-24-26-27-28-29-30-31-32-33-34-35-36-37-38-39-40-41-42-43-44-45-46-47-48-50-52-54-56-58-60-62-64-66-73(76)82-71(70-81-83(77,78)80-68-67-74(3,4)5)69-79-72(75)65-63-61-59-57-55-53-51-49-25-23-21-19-17-15-13-11-9-7-2/h17-20,23-26,28-29,71H,6-16,21-22,27,30-70H2,1-5H3/p+1/b19-17-,20-18-,25-23-,26-24-,29-28-. The molecule has 0 aromatic carbocycles. The van der Waals surface area contributed by atoms with E-state index in [4.69, 9.17) is 18.5 Å². The van der Waals surface area contributed by atoms with E-state index in [-0.39, 0.29) is 32.0 Å². The van der Waals surface area contributed by atoms with Crippen molar-refractivity contribution in [3.63, 3.8) is 0 Å². The number of phosphoric acid groups is 1. The van der Waals surface area contributed by atoms with Crippen molar-refractivity contribution < 1.29 is 42.1 Å². The maximum absolute atomic E-state index is 12.9. The largest absolute Gasteiger partial charge is 0.472 e. The van der Waals surface area contributed by atoms with Crippen molar-refractivity contribution in [2.75, 3.05) is 47.5 Å². The first-order chi connectivity index (χ1) is 40.5. The van der Waals surface area contributed by atoms with Gasteiger partial charge in [0, 0.05) is 12.8 Å². The zero-order chi connectivity index (χ0) is 60.5. The molecule has 1 N–H and O–H groups in total. The fraction of sp³-hybridized carbons (Fsp3) is 0.836. The number of nitrogens with zero attached hydrogens (tertiary/aromatic N) is 1. The van der Waals surface area contributed by atoms with Gasteiger partial charge in [-0.1, -0.05) is 306 Å². The van der Waals surface area contributed by atoms with E-state index in [1.54, 1.807) is 0 Å². The van der Waals surface area contributed by atoms with Gasteiger partial charge in [0.2, 0.25) is 0 Å². The molecule has 0 saturated carbocycles. The summed E-state index contributed by atoms with van der Waals surface area (Å²) in [7, 11) is 1.48. The summed E-state index contributed by atoms with van der Waals surface area (Å²) < 4.78 is 34.7. The normalized spacial score (nSPS) is 13.5. The van der Waals surface area contributed by atoms with E-state index in [9.17, 15) is 19.0 Å². The van der Waals surface area contributed by atoms with Gasteiger partial charge in [-0.15, -0.1) is 0 Å². The number of esters is 2. The number of hydrogen-bond donors (Lipinski definition) is 1. The molecule has 486 valence electrons. The van der Waals surface area contributed by atoms with E-state index in [0.29, 0.717) is 17.4 Å². The van der Waals surface area contributed by atoms with Gasteiger partial charge in [-0.05, 0) is 83.5 Å². The second kappa shape index (κ2) is 64.2. The zero-order valence-corrected chi connectivity index (χ0v) is 56.3. The monoisotopic (exact) mass is 1190 g/mol. The number of hydrogen-bond acceptors (Lipinski definition) is 7. The Labute approximate surface area is 515 Å². The Bertz CT molecular complexity index is 1580. The molecule has 0 saturated heterocycles. The molecule has 2 unspecified atom stereocenters. The van der Waals surface area contributed by atoms with Crippen molar-refractivity contribution in [1.29, 1.82) is 0 Å². The van der Waals surface area contributed by atoms with Gasteiger partial charge in [-0.3, -0.25) is 18.6 Å². The summed E-state index contributed by atoms with van der Waals surface area (Å²) >= 11 is 0. The highest BCUT2D eigenvalue weighted by molar-refractivity contribution is 7.47. The number of likely N-dealkylation sites (N-methyl/N-ethyl adjacent to an activating group) is 1. The van der Waals surface area contributed by atoms with Crippen LogP contribution in [0.1, 0.15) is 341 Å². The maximum atomic E-state index is 12.9. The lowest BCUT2D eigenvalue weighted by molar-refractivity contribution is -0.870. The van der Waals surface area contributed by atoms with E-state index in [2.05, 4.69) is 74.6 Å². The van der Waals surface area contributed by atoms with Crippen molar-refractivity contribution in [1.82, 2.24) is 0 Å². The van der Waals surface area contributed by atoms with Crippen LogP contribution in [0.4, 0.5) is 0 Å². The van der Waals surface area contributed by atoms with Crippen molar-refractivity contribution in [3.8, 4) is 0 Å². The Hall–Kier alpha value is -2.29. The highest BCUT2D eigenvalue weighted by Gasteiger charge is 2.27. The molecule has 0 fully saturated rings. The highest BCUT2D eigenvalue weighted by Crippen LogP contribution is 2.43. The van der Waals surface area contributed by atoms with E-state index < -0.39 is 26.5 Å². The minimum Gasteiger partial charge on any atom is -0.462 e. The molecule has 0 bridgehead atoms. The SMILES string of the molecule is CCCCCC/C=C\C/C=C\CCCCCCCCCC(=O)OCC(COP(=O)(O)OCC[N+](C)(C)C)OC(=O)CCCCCCCCCCCCCCCCCCCCCCCCCCCC/C=C\C/C=C\C/C=C\CCCCCCC. The lowest BCUT2D eigenvalue weighted by Gasteiger charge is -2.24. The summed E-state index contributed by atoms with van der Waals surface area (Å²) in [6.45, 7) is 4.44. The number of carbonyl (C=O) groups excluding carboxylic acids is 2. The smallest absolute Gasteiger partial charge is 0.462 e. The minimum atomic E-state index is -4.39. The molecule has 0 heterocycles. The summed E-state index contributed by atoms with van der Waals surface area (Å²) in [4.78, 5) is 35.8. The van der Waals surface area contributed by atoms with Gasteiger partial charge in [0.25, 0.3) is 0 Å². The van der Waals surface area contributed by atoms with Crippen LogP contribution in [0.15, 0.2) is 60.8 Å². The van der Waals surface area contributed by atoms with E-state index in [1.807, 2.05) is 21.1 Å². The van der Waals surface area contributed by atoms with Crippen molar-refractivity contribution in [2.24, 2.45) is 0 Å². The first-order valence-corrected chi connectivity index (χ1v) is 37.0. The Morgan fingerprint density at radius 2 is 0.651 bits per heavy atom. The molecule has 0 aliphatic heterocycles. The van der Waals surface area contributed by atoms with Crippen LogP contribution in [-0.2, 0) is 32.7 Å². The summed E-state index contributed by atoms with van der Waals surface area (Å²) in [5, 5.41) is 0. The Morgan fingerprint density at radius 3 is 0.976 bits per heavy atom. The fourth-order valence-corrected chi connectivity index (χ4v) is 11.0. The third-order valence-electron chi connectivity index (χ3n) is 15.8. The molecule has 10 heteroatoms. The second-order valence-corrected chi connectivity index (χ2v) is 26.7. The molecular formula is C73H137NO8P+. The summed E-state index contributed by atoms with van der Waals surface area (Å²) in [5.41, 5.74) is 0. The van der Waals surface area contributed by atoms with Gasteiger partial charge < -0.3 is 18.9 Å². The zero-order valence-electron chi connectivity index (χ0n) is 55.4. The van der Waals surface area contributed by atoms with Crippen LogP contribution in [0, 0.1) is 0 Å². The lowest BCUT2D eigenvalue weighted by atomic mass is 10.0. The summed E-state index contributed by atoms with van der Waals surface area (Å²) in [5.74, 6) is -0.792. The molecule has 0 aliphatic rings. The van der Waals surface area contributed by atoms with Gasteiger partial charge in [-0.2, -0.15) is 0 Å². The van der Waals surface area contributed by atoms with Gasteiger partial charge in [0.05, 0.1) is 27.7 Å². The summed E-state index contributed by atoms with van der Waals surface area (Å²) in [6, 6.07) is 0. The number of allylic oxidation sites excluding steroid dienone is 10. The molecule has 0 rings (SSSR count). The van der Waals surface area contributed by atoms with Crippen molar-refractivity contribution >= 4 is 19.8 Å². The lowest BCUT2D eigenvalue weighted by Crippen LogP contribution is -2.37. The fourth-order valence-electron chi connectivity index (χ4n) is 10.3. The first-order valence-electron chi connectivity index (χ1n) is 35.5. The van der Waals surface area contributed by atoms with Crippen molar-refractivity contribution in [3.05, 3.63) is 60.8 Å². The van der Waals surface area contributed by atoms with Crippen LogP contribution in [0.5, 0.6) is 0 Å². The first kappa shape index (κ1) is 80.7. The van der Waals surface area contributed by atoms with E-state index >= 15 is 0 Å². The number of unbranched alkanes of at least 4 members (excludes halogenated alkanes) is 42. The third kappa shape index (κ3) is 68.7. The van der Waals surface area contributed by atoms with E-state index in [1.165, 1.54) is 244 Å². The second-order valence-electron chi connectivity index (χ2n) is 25.3. The van der Waals surface area contributed by atoms with E-state index in [0.717, 1.165) is 64.2 Å². The Kier molecular flexibility index (Phi) is 62.4. The van der Waals surface area contributed by atoms with Crippen molar-refractivity contribution in [2.45, 2.75) is 347 Å². The molecule has 0 aromatic rings. The van der Waals surface area contributed by atoms with Crippen LogP contribution < -0.4 is 0 Å². The molecular weight excluding hydrogens is 1050 g/mol. The summed E-state index contributed by atoms with van der Waals surface area (Å²) in [6.07, 6.45) is 84.9. The minimum absolute atomic E-state index is 0.0312. The van der Waals surface area contributed by atoms with Crippen LogP contribution in [0.25, 0.3) is 0 Å². The molecule has 0 aliphatic carbocycles. The molecule has 2 atom stereocenters. The van der Waals surface area contributed by atoms with Gasteiger partial charge in [0.15, 0.2) is 6.10 Å². The third-order valence-corrected chi connectivity index (χ3v) is 16.8. The maximum Gasteiger partial charge on any atom is 0.472 e. The molecule has 0 spiro atoms. The van der Waals surface area contributed by atoms with Crippen LogP contribution in [0.2, 0.25) is 0 Å². The predicted octanol–water partition coefficient (Wildman–Crippen LogP) is 23.0. The van der Waals surface area contributed by atoms with Crippen LogP contribution in [-0.4, -0.2) is 74.9 Å². The molecule has 83 heavy (non-hydrogen) atoms. The van der Waals surface area contributed by atoms with Gasteiger partial charge in [-0.25, -0.2) is 4.57 Å². The molecule has 0 aromatic heterocycles. The number of phosphoric ester groups is 1. The number of quaternary nitrogens is 1. The number of carbonyl (C=O) groups is 2. The van der Waals surface area contributed by atoms with Gasteiger partial charge in [0.1, 0.15) is 19.8 Å². The molecule has 9 nitrogen and oxygen atoms in total. The Balaban J connectivity index is 3.90. The topological polar surface area (TPSA) is 108 Å². The Morgan fingerprint density at radius 1 is 0.373 bits per heavy atom. The van der Waals surface area contributed by atoms with Crippen LogP contribution in [0.3, 0.4) is 0 Å². The average Bonchev–Trinajstić information content (AvgIpc) is 3.49. The predicted molar refractivity (Wildman–Crippen MR) is 358 cm³/mol. The number of rotatable bonds is 66. The quantitative estimate of drug-likeness (QED) is 0.0211. The highest BCUT2D eigenvalue weighted by atomic mass is 31.2. The average molecular weight is 1190 g/mol.